The van der Waals surface area contributed by atoms with E-state index in [0.717, 1.165) is 5.56 Å². The van der Waals surface area contributed by atoms with E-state index in [2.05, 4.69) is 10.1 Å². The Morgan fingerprint density at radius 3 is 2.57 bits per heavy atom. The van der Waals surface area contributed by atoms with Crippen LogP contribution in [0.1, 0.15) is 47.1 Å². The van der Waals surface area contributed by atoms with Gasteiger partial charge in [0.05, 0.1) is 12.0 Å². The Balaban J connectivity index is 1.69. The molecule has 1 aromatic carbocycles. The molecule has 0 spiro atoms. The number of carbonyl (C=O) groups excluding carboxylic acids is 1. The van der Waals surface area contributed by atoms with Gasteiger partial charge in [-0.25, -0.2) is 18.4 Å². The number of aromatic nitrogens is 3. The molecule has 1 fully saturated rings. The zero-order valence-electron chi connectivity index (χ0n) is 11.1. The summed E-state index contributed by atoms with van der Waals surface area (Å²) >= 11 is 0. The van der Waals surface area contributed by atoms with Crippen LogP contribution >= 0.6 is 0 Å². The zero-order chi connectivity index (χ0) is 14.6. The van der Waals surface area contributed by atoms with E-state index in [4.69, 9.17) is 0 Å². The van der Waals surface area contributed by atoms with E-state index in [-0.39, 0.29) is 30.5 Å². The van der Waals surface area contributed by atoms with Crippen LogP contribution in [-0.2, 0) is 0 Å². The lowest BCUT2D eigenvalue weighted by Gasteiger charge is -2.11. The van der Waals surface area contributed by atoms with Crippen molar-refractivity contribution in [2.24, 2.45) is 5.92 Å². The highest BCUT2D eigenvalue weighted by Gasteiger charge is 2.46. The Morgan fingerprint density at radius 1 is 1.19 bits per heavy atom. The van der Waals surface area contributed by atoms with Crippen molar-refractivity contribution in [3.8, 4) is 0 Å². The third kappa shape index (κ3) is 1.97. The molecule has 0 unspecified atom stereocenters. The zero-order valence-corrected chi connectivity index (χ0v) is 11.1. The van der Waals surface area contributed by atoms with Gasteiger partial charge in [0, 0.05) is 6.42 Å². The summed E-state index contributed by atoms with van der Waals surface area (Å²) in [5.74, 6) is -0.938. The number of carbonyl (C=O) groups is 1. The van der Waals surface area contributed by atoms with Gasteiger partial charge in [-0.15, -0.1) is 5.10 Å². The van der Waals surface area contributed by atoms with Crippen LogP contribution in [0.3, 0.4) is 0 Å². The molecular weight excluding hydrogens is 276 g/mol. The molecule has 2 aromatic rings. The van der Waals surface area contributed by atoms with Crippen molar-refractivity contribution in [2.45, 2.75) is 31.2 Å². The molecule has 21 heavy (non-hydrogen) atoms. The molecule has 1 aromatic heterocycles. The molecule has 2 heterocycles. The molecule has 0 amide bonds. The minimum atomic E-state index is -1.25. The van der Waals surface area contributed by atoms with Crippen LogP contribution in [0.5, 0.6) is 0 Å². The lowest BCUT2D eigenvalue weighted by molar-refractivity contribution is 0.0946. The summed E-state index contributed by atoms with van der Waals surface area (Å²) in [4.78, 5) is 16.0. The molecule has 1 aliphatic carbocycles. The maximum atomic E-state index is 14.1. The minimum Gasteiger partial charge on any atom is -0.290 e. The quantitative estimate of drug-likeness (QED) is 0.816. The first-order valence-corrected chi connectivity index (χ1v) is 6.99. The number of ketones is 1. The number of hydrogen-bond acceptors (Lipinski definition) is 3. The predicted octanol–water partition coefficient (Wildman–Crippen LogP) is 2.82. The fraction of sp³-hybridized carbons (Fsp3) is 0.400. The van der Waals surface area contributed by atoms with Gasteiger partial charge >= 0.3 is 0 Å². The van der Waals surface area contributed by atoms with E-state index in [1.54, 1.807) is 0 Å². The van der Waals surface area contributed by atoms with Gasteiger partial charge in [0.25, 0.3) is 0 Å². The van der Waals surface area contributed by atoms with Crippen molar-refractivity contribution in [1.29, 1.82) is 0 Å². The van der Waals surface area contributed by atoms with Crippen molar-refractivity contribution in [1.82, 2.24) is 14.8 Å². The Bertz CT molecular complexity index is 700. The number of hydrogen-bond donors (Lipinski definition) is 0. The summed E-state index contributed by atoms with van der Waals surface area (Å²) < 4.78 is 28.6. The van der Waals surface area contributed by atoms with Crippen LogP contribution in [-0.4, -0.2) is 26.7 Å². The van der Waals surface area contributed by atoms with Gasteiger partial charge in [-0.2, -0.15) is 0 Å². The van der Waals surface area contributed by atoms with Crippen LogP contribution in [0.4, 0.5) is 8.78 Å². The highest BCUT2D eigenvalue weighted by molar-refractivity contribution is 5.96. The van der Waals surface area contributed by atoms with Crippen LogP contribution in [0.25, 0.3) is 0 Å². The Labute approximate surface area is 119 Å². The molecule has 1 aliphatic heterocycles. The summed E-state index contributed by atoms with van der Waals surface area (Å²) in [6.45, 7) is 0. The smallest absolute Gasteiger partial charge is 0.218 e. The highest BCUT2D eigenvalue weighted by atomic mass is 19.1. The number of Topliss-reactive ketones (excluding diaryl/α,β-unsaturated/α-hetero) is 1. The van der Waals surface area contributed by atoms with Crippen molar-refractivity contribution in [3.05, 3.63) is 47.5 Å². The second-order valence-electron chi connectivity index (χ2n) is 5.59. The van der Waals surface area contributed by atoms with E-state index in [1.807, 2.05) is 30.3 Å². The van der Waals surface area contributed by atoms with Gasteiger partial charge in [-0.05, 0) is 12.0 Å². The third-order valence-corrected chi connectivity index (χ3v) is 4.12. The SMILES string of the molecule is O=C(c1nc2n(n1)[C@@H](c1ccccc1)C[C@H]2F)[C@@H]1C[C@H]1F. The van der Waals surface area contributed by atoms with Gasteiger partial charge in [0.1, 0.15) is 6.17 Å². The molecule has 4 atom stereocenters. The molecule has 1 saturated carbocycles. The molecule has 0 bridgehead atoms. The van der Waals surface area contributed by atoms with Gasteiger partial charge in [0.15, 0.2) is 12.0 Å². The standard InChI is InChI=1S/C15H13F2N3O/c16-10-6-9(10)13(21)14-18-15-11(17)7-12(20(15)19-14)8-4-2-1-3-5-8/h1-5,9-12H,6-7H2/t9-,10-,11-,12-/m1/s1. The topological polar surface area (TPSA) is 47.8 Å². The first kappa shape index (κ1) is 12.6. The Hall–Kier alpha value is -2.11. The van der Waals surface area contributed by atoms with Gasteiger partial charge in [-0.3, -0.25) is 4.79 Å². The molecule has 4 nitrogen and oxygen atoms in total. The number of benzene rings is 1. The summed E-state index contributed by atoms with van der Waals surface area (Å²) in [7, 11) is 0. The van der Waals surface area contributed by atoms with Crippen LogP contribution in [0.15, 0.2) is 30.3 Å². The Morgan fingerprint density at radius 2 is 1.90 bits per heavy atom. The number of rotatable bonds is 3. The van der Waals surface area contributed by atoms with Crippen molar-refractivity contribution in [3.63, 3.8) is 0 Å². The lowest BCUT2D eigenvalue weighted by atomic mass is 10.0. The van der Waals surface area contributed by atoms with Crippen LogP contribution < -0.4 is 0 Å². The summed E-state index contributed by atoms with van der Waals surface area (Å²) in [5.41, 5.74) is 0.928. The van der Waals surface area contributed by atoms with Crippen LogP contribution in [0, 0.1) is 5.92 Å². The summed E-state index contributed by atoms with van der Waals surface area (Å²) in [6.07, 6.45) is -1.85. The van der Waals surface area contributed by atoms with Gasteiger partial charge < -0.3 is 0 Å². The predicted molar refractivity (Wildman–Crippen MR) is 70.4 cm³/mol. The normalized spacial score (nSPS) is 30.2. The average Bonchev–Trinajstić information content (AvgIpc) is 2.95. The van der Waals surface area contributed by atoms with Crippen LogP contribution in [0.2, 0.25) is 0 Å². The molecule has 6 heteroatoms. The highest BCUT2D eigenvalue weighted by Crippen LogP contribution is 2.41. The summed E-state index contributed by atoms with van der Waals surface area (Å²) in [5, 5.41) is 4.14. The molecule has 4 rings (SSSR count). The number of nitrogens with zero attached hydrogens (tertiary/aromatic N) is 3. The number of halogens is 2. The monoisotopic (exact) mass is 289 g/mol. The minimum absolute atomic E-state index is 0.0570. The van der Waals surface area contributed by atoms with Crippen molar-refractivity contribution < 1.29 is 13.6 Å². The molecular formula is C15H13F2N3O. The molecule has 0 saturated heterocycles. The molecule has 0 N–H and O–H groups in total. The number of fused-ring (bicyclic) bond motifs is 1. The average molecular weight is 289 g/mol. The van der Waals surface area contributed by atoms with Crippen molar-refractivity contribution in [2.75, 3.05) is 0 Å². The van der Waals surface area contributed by atoms with Gasteiger partial charge in [-0.1, -0.05) is 30.3 Å². The van der Waals surface area contributed by atoms with E-state index in [9.17, 15) is 13.6 Å². The second-order valence-corrected chi connectivity index (χ2v) is 5.59. The molecule has 108 valence electrons. The molecule has 0 radical (unpaired) electrons. The lowest BCUT2D eigenvalue weighted by Crippen LogP contribution is -2.11. The number of alkyl halides is 2. The first-order chi connectivity index (χ1) is 10.1. The largest absolute Gasteiger partial charge is 0.290 e. The molecule has 2 aliphatic rings. The van der Waals surface area contributed by atoms with E-state index >= 15 is 0 Å². The Kier molecular flexibility index (Phi) is 2.67. The van der Waals surface area contributed by atoms with E-state index in [0.29, 0.717) is 0 Å². The summed E-state index contributed by atoms with van der Waals surface area (Å²) in [6, 6.07) is 9.17. The second kappa shape index (κ2) is 4.44. The van der Waals surface area contributed by atoms with E-state index < -0.39 is 24.0 Å². The maximum absolute atomic E-state index is 14.1. The fourth-order valence-corrected chi connectivity index (χ4v) is 2.84. The maximum Gasteiger partial charge on any atom is 0.218 e. The first-order valence-electron chi connectivity index (χ1n) is 6.99. The third-order valence-electron chi connectivity index (χ3n) is 4.12. The fourth-order valence-electron chi connectivity index (χ4n) is 2.84. The van der Waals surface area contributed by atoms with Crippen molar-refractivity contribution >= 4 is 5.78 Å². The van der Waals surface area contributed by atoms with Gasteiger partial charge in [0.2, 0.25) is 11.6 Å². The van der Waals surface area contributed by atoms with E-state index in [1.165, 1.54) is 4.68 Å².